The van der Waals surface area contributed by atoms with E-state index in [2.05, 4.69) is 5.32 Å². The topological polar surface area (TPSA) is 83.5 Å². The number of hydrogen-bond donors (Lipinski definition) is 2. The van der Waals surface area contributed by atoms with Crippen molar-refractivity contribution in [3.05, 3.63) is 41.1 Å². The predicted molar refractivity (Wildman–Crippen MR) is 73.9 cm³/mol. The fourth-order valence-corrected chi connectivity index (χ4v) is 2.52. The van der Waals surface area contributed by atoms with Crippen molar-refractivity contribution >= 4 is 62.7 Å². The average molecular weight is 311 g/mol. The molecule has 1 atom stereocenters. The van der Waals surface area contributed by atoms with E-state index in [0.717, 1.165) is 0 Å². The maximum absolute atomic E-state index is 11.6. The van der Waals surface area contributed by atoms with Crippen molar-refractivity contribution in [3.8, 4) is 0 Å². The second-order valence-electron chi connectivity index (χ2n) is 3.90. The number of nitrogens with one attached hydrogen (secondary N) is 1. The monoisotopic (exact) mass is 310 g/mol. The summed E-state index contributed by atoms with van der Waals surface area (Å²) in [6, 6.07) is 6.68. The third-order valence-corrected chi connectivity index (χ3v) is 3.83. The van der Waals surface area contributed by atoms with Crippen molar-refractivity contribution in [1.82, 2.24) is 0 Å². The molecule has 0 aliphatic heterocycles. The van der Waals surface area contributed by atoms with Crippen LogP contribution in [0.1, 0.15) is 6.42 Å². The summed E-state index contributed by atoms with van der Waals surface area (Å²) in [5.74, 6) is -0.363. The first kappa shape index (κ1) is 16.7. The molecular weight excluding hydrogens is 301 g/mol. The van der Waals surface area contributed by atoms with Gasteiger partial charge in [-0.15, -0.1) is 0 Å². The van der Waals surface area contributed by atoms with E-state index in [1.165, 1.54) is 6.08 Å². The van der Waals surface area contributed by atoms with Crippen molar-refractivity contribution in [1.29, 1.82) is 0 Å². The van der Waals surface area contributed by atoms with Gasteiger partial charge in [0.15, 0.2) is 5.78 Å². The Morgan fingerprint density at radius 2 is 2.05 bits per heavy atom. The standard InChI is InChI=1S/C11H10ClNO4S.Na/c12-7-2-1-3-8(4-7)13-10-5-9(6-11(10)14)18(15,16)17;/h1-5,9,13H,6H2,(H,15,16,17);. The Bertz CT molecular complexity index is 629. The average Bonchev–Trinajstić information content (AvgIpc) is 2.60. The molecule has 0 heterocycles. The summed E-state index contributed by atoms with van der Waals surface area (Å²) < 4.78 is 30.8. The second-order valence-corrected chi connectivity index (χ2v) is 5.97. The van der Waals surface area contributed by atoms with Gasteiger partial charge in [-0.25, -0.2) is 0 Å². The fourth-order valence-electron chi connectivity index (χ4n) is 1.65. The molecule has 97 valence electrons. The van der Waals surface area contributed by atoms with Crippen molar-refractivity contribution in [2.75, 3.05) is 5.32 Å². The molecule has 1 unspecified atom stereocenters. The number of carbonyl (C=O) groups is 1. The van der Waals surface area contributed by atoms with E-state index in [1.807, 2.05) is 0 Å². The number of allylic oxidation sites excluding steroid dienone is 1. The summed E-state index contributed by atoms with van der Waals surface area (Å²) in [5.41, 5.74) is 0.734. The quantitative estimate of drug-likeness (QED) is 0.653. The minimum Gasteiger partial charge on any atom is -0.353 e. The van der Waals surface area contributed by atoms with E-state index in [9.17, 15) is 13.2 Å². The van der Waals surface area contributed by atoms with Gasteiger partial charge < -0.3 is 5.32 Å². The summed E-state index contributed by atoms with van der Waals surface area (Å²) in [6.45, 7) is 0. The van der Waals surface area contributed by atoms with Crippen molar-refractivity contribution in [2.45, 2.75) is 11.7 Å². The molecule has 0 aromatic heterocycles. The number of anilines is 1. The minimum absolute atomic E-state index is 0. The third kappa shape index (κ3) is 4.30. The first-order valence-corrected chi connectivity index (χ1v) is 6.98. The second kappa shape index (κ2) is 6.39. The van der Waals surface area contributed by atoms with Crippen LogP contribution in [0.2, 0.25) is 5.02 Å². The van der Waals surface area contributed by atoms with E-state index in [0.29, 0.717) is 10.7 Å². The van der Waals surface area contributed by atoms with Crippen LogP contribution in [-0.4, -0.2) is 53.6 Å². The van der Waals surface area contributed by atoms with Gasteiger partial charge in [0.2, 0.25) is 0 Å². The largest absolute Gasteiger partial charge is 0.353 e. The smallest absolute Gasteiger partial charge is 0.271 e. The molecule has 0 bridgehead atoms. The first-order valence-electron chi connectivity index (χ1n) is 5.10. The first-order chi connectivity index (χ1) is 8.36. The molecule has 0 amide bonds. The van der Waals surface area contributed by atoms with Crippen LogP contribution in [0.5, 0.6) is 0 Å². The van der Waals surface area contributed by atoms with Crippen LogP contribution in [0.4, 0.5) is 5.69 Å². The van der Waals surface area contributed by atoms with E-state index >= 15 is 0 Å². The number of carbonyl (C=O) groups excluding carboxylic acids is 1. The Morgan fingerprint density at radius 1 is 1.37 bits per heavy atom. The van der Waals surface area contributed by atoms with Gasteiger partial charge in [0.1, 0.15) is 5.25 Å². The normalized spacial score (nSPS) is 18.7. The van der Waals surface area contributed by atoms with Gasteiger partial charge in [0, 0.05) is 46.7 Å². The van der Waals surface area contributed by atoms with Crippen LogP contribution in [0.15, 0.2) is 36.0 Å². The third-order valence-electron chi connectivity index (χ3n) is 2.53. The number of hydrogen-bond acceptors (Lipinski definition) is 4. The number of rotatable bonds is 3. The molecule has 1 aliphatic rings. The van der Waals surface area contributed by atoms with Gasteiger partial charge in [-0.3, -0.25) is 9.35 Å². The zero-order valence-electron chi connectivity index (χ0n) is 10.1. The van der Waals surface area contributed by atoms with Crippen LogP contribution in [-0.2, 0) is 14.9 Å². The molecule has 8 heteroatoms. The Kier molecular flexibility index (Phi) is 5.61. The van der Waals surface area contributed by atoms with Gasteiger partial charge in [-0.2, -0.15) is 8.42 Å². The molecule has 0 saturated heterocycles. The van der Waals surface area contributed by atoms with Gasteiger partial charge in [-0.05, 0) is 24.3 Å². The minimum atomic E-state index is -4.23. The Balaban J connectivity index is 0.00000180. The SMILES string of the molecule is O=C1CC(S(=O)(=O)O)C=C1Nc1cccc(Cl)c1.[Na]. The summed E-state index contributed by atoms with van der Waals surface area (Å²) in [5, 5.41) is 2.11. The van der Waals surface area contributed by atoms with Crippen molar-refractivity contribution < 1.29 is 17.8 Å². The molecular formula is C11H10ClNNaO4S. The number of ketones is 1. The summed E-state index contributed by atoms with van der Waals surface area (Å²) >= 11 is 5.79. The molecule has 2 N–H and O–H groups in total. The van der Waals surface area contributed by atoms with E-state index in [4.69, 9.17) is 16.2 Å². The van der Waals surface area contributed by atoms with Crippen LogP contribution < -0.4 is 5.32 Å². The number of Topliss-reactive ketones (excluding diaryl/α,β-unsaturated/α-hetero) is 1. The molecule has 1 radical (unpaired) electrons. The predicted octanol–water partition coefficient (Wildman–Crippen LogP) is 1.48. The van der Waals surface area contributed by atoms with Gasteiger partial charge in [0.05, 0.1) is 5.70 Å². The van der Waals surface area contributed by atoms with Crippen LogP contribution in [0.25, 0.3) is 0 Å². The molecule has 5 nitrogen and oxygen atoms in total. The summed E-state index contributed by atoms with van der Waals surface area (Å²) in [6.07, 6.45) is 0.959. The molecule has 0 spiro atoms. The fraction of sp³-hybridized carbons (Fsp3) is 0.182. The zero-order chi connectivity index (χ0) is 13.3. The Labute approximate surface area is 138 Å². The van der Waals surface area contributed by atoms with Crippen molar-refractivity contribution in [3.63, 3.8) is 0 Å². The van der Waals surface area contributed by atoms with Gasteiger partial charge in [0.25, 0.3) is 10.1 Å². The van der Waals surface area contributed by atoms with E-state index < -0.39 is 15.4 Å². The number of halogens is 1. The molecule has 2 rings (SSSR count). The molecule has 0 saturated carbocycles. The number of benzene rings is 1. The zero-order valence-corrected chi connectivity index (χ0v) is 13.7. The van der Waals surface area contributed by atoms with Gasteiger partial charge in [-0.1, -0.05) is 17.7 Å². The van der Waals surface area contributed by atoms with Gasteiger partial charge >= 0.3 is 0 Å². The maximum Gasteiger partial charge on any atom is 0.271 e. The van der Waals surface area contributed by atoms with Crippen LogP contribution in [0.3, 0.4) is 0 Å². The summed E-state index contributed by atoms with van der Waals surface area (Å²) in [4.78, 5) is 11.6. The van der Waals surface area contributed by atoms with Crippen LogP contribution >= 0.6 is 11.6 Å². The van der Waals surface area contributed by atoms with Crippen LogP contribution in [0, 0.1) is 0 Å². The summed E-state index contributed by atoms with van der Waals surface area (Å²) in [7, 11) is -4.23. The molecule has 1 aromatic carbocycles. The Morgan fingerprint density at radius 3 is 2.58 bits per heavy atom. The Hall–Kier alpha value is -0.370. The molecule has 1 aromatic rings. The molecule has 19 heavy (non-hydrogen) atoms. The maximum atomic E-state index is 11.6. The molecule has 1 aliphatic carbocycles. The van der Waals surface area contributed by atoms with Crippen molar-refractivity contribution in [2.24, 2.45) is 0 Å². The van der Waals surface area contributed by atoms with E-state index in [-0.39, 0.29) is 47.5 Å². The van der Waals surface area contributed by atoms with E-state index in [1.54, 1.807) is 24.3 Å². The molecule has 0 fully saturated rings.